The van der Waals surface area contributed by atoms with Crippen LogP contribution >= 0.6 is 35.3 Å². The largest absolute Gasteiger partial charge is 0.352 e. The van der Waals surface area contributed by atoms with Gasteiger partial charge >= 0.3 is 0 Å². The number of carbonyl (C=O) groups is 1. The molecule has 0 bridgehead atoms. The van der Waals surface area contributed by atoms with Crippen LogP contribution in [0.3, 0.4) is 0 Å². The molecule has 1 saturated heterocycles. The fourth-order valence-electron chi connectivity index (χ4n) is 3.84. The van der Waals surface area contributed by atoms with Crippen LogP contribution in [0.4, 0.5) is 0 Å². The summed E-state index contributed by atoms with van der Waals surface area (Å²) in [7, 11) is 1.79. The number of halogens is 1. The molecule has 2 N–H and O–H groups in total. The first kappa shape index (κ1) is 22.4. The number of nitrogens with zero attached hydrogens (tertiary/aromatic N) is 3. The van der Waals surface area contributed by atoms with Crippen LogP contribution in [0.15, 0.2) is 10.4 Å². The van der Waals surface area contributed by atoms with Crippen LogP contribution in [0.1, 0.15) is 56.2 Å². The van der Waals surface area contributed by atoms with Gasteiger partial charge in [0.1, 0.15) is 0 Å². The van der Waals surface area contributed by atoms with Crippen molar-refractivity contribution in [3.8, 4) is 0 Å². The first-order valence-electron chi connectivity index (χ1n) is 9.88. The Morgan fingerprint density at radius 3 is 2.78 bits per heavy atom. The van der Waals surface area contributed by atoms with Gasteiger partial charge in [-0.1, -0.05) is 26.2 Å². The number of aryl methyl sites for hydroxylation is 1. The van der Waals surface area contributed by atoms with Gasteiger partial charge in [-0.15, -0.1) is 35.3 Å². The molecule has 27 heavy (non-hydrogen) atoms. The van der Waals surface area contributed by atoms with Crippen LogP contribution in [-0.4, -0.2) is 47.9 Å². The number of aromatic nitrogens is 1. The van der Waals surface area contributed by atoms with Gasteiger partial charge in [-0.05, 0) is 25.7 Å². The second kappa shape index (κ2) is 11.2. The fourth-order valence-corrected chi connectivity index (χ4v) is 4.59. The highest BCUT2D eigenvalue weighted by molar-refractivity contribution is 14.0. The smallest absolute Gasteiger partial charge is 0.225 e. The predicted octanol–water partition coefficient (Wildman–Crippen LogP) is 3.17. The molecule has 3 rings (SSSR count). The lowest BCUT2D eigenvalue weighted by Gasteiger charge is -2.26. The summed E-state index contributed by atoms with van der Waals surface area (Å²) in [6, 6.07) is 0.273. The number of carbonyl (C=O) groups excluding carboxylic acids is 1. The Morgan fingerprint density at radius 2 is 2.11 bits per heavy atom. The van der Waals surface area contributed by atoms with Crippen LogP contribution in [0.25, 0.3) is 0 Å². The molecule has 1 aliphatic carbocycles. The van der Waals surface area contributed by atoms with Gasteiger partial charge in [0.05, 0.1) is 17.2 Å². The van der Waals surface area contributed by atoms with E-state index in [2.05, 4.69) is 37.8 Å². The second-order valence-electron chi connectivity index (χ2n) is 7.26. The molecule has 0 radical (unpaired) electrons. The maximum atomic E-state index is 12.7. The van der Waals surface area contributed by atoms with Crippen molar-refractivity contribution < 1.29 is 4.79 Å². The lowest BCUT2D eigenvalue weighted by atomic mass is 9.88. The second-order valence-corrected chi connectivity index (χ2v) is 8.20. The third-order valence-corrected chi connectivity index (χ3v) is 6.40. The molecule has 6 nitrogen and oxygen atoms in total. The molecule has 1 unspecified atom stereocenters. The molecule has 1 aliphatic heterocycles. The normalized spacial score (nSPS) is 21.0. The standard InChI is InChI=1S/C19H31N5OS.HI/c1-3-17-22-16(13-26-17)11-21-19(20-2)23-15-9-10-24(12-15)18(25)14-7-5-4-6-8-14;/h13-15H,3-12H2,1-2H3,(H2,20,21,23);1H. The molecule has 2 fully saturated rings. The summed E-state index contributed by atoms with van der Waals surface area (Å²) in [5.74, 6) is 1.41. The Morgan fingerprint density at radius 1 is 1.33 bits per heavy atom. The monoisotopic (exact) mass is 505 g/mol. The van der Waals surface area contributed by atoms with Crippen molar-refractivity contribution >= 4 is 47.2 Å². The van der Waals surface area contributed by atoms with Crippen molar-refractivity contribution in [3.63, 3.8) is 0 Å². The highest BCUT2D eigenvalue weighted by Crippen LogP contribution is 2.26. The maximum Gasteiger partial charge on any atom is 0.225 e. The van der Waals surface area contributed by atoms with Gasteiger partial charge < -0.3 is 15.5 Å². The van der Waals surface area contributed by atoms with Crippen LogP contribution in [0, 0.1) is 5.92 Å². The van der Waals surface area contributed by atoms with E-state index in [1.54, 1.807) is 18.4 Å². The summed E-state index contributed by atoms with van der Waals surface area (Å²) in [6.07, 6.45) is 7.81. The number of guanidine groups is 1. The van der Waals surface area contributed by atoms with Gasteiger partial charge in [0.15, 0.2) is 5.96 Å². The molecule has 1 saturated carbocycles. The van der Waals surface area contributed by atoms with Gasteiger partial charge in [0.2, 0.25) is 5.91 Å². The molecule has 2 heterocycles. The molecule has 1 atom stereocenters. The minimum atomic E-state index is 0. The number of likely N-dealkylation sites (tertiary alicyclic amines) is 1. The first-order chi connectivity index (χ1) is 12.7. The number of hydrogen-bond donors (Lipinski definition) is 2. The molecule has 152 valence electrons. The van der Waals surface area contributed by atoms with E-state index in [-0.39, 0.29) is 35.9 Å². The summed E-state index contributed by atoms with van der Waals surface area (Å²) in [6.45, 7) is 4.44. The van der Waals surface area contributed by atoms with E-state index in [9.17, 15) is 4.79 Å². The number of nitrogens with one attached hydrogen (secondary N) is 2. The van der Waals surface area contributed by atoms with Crippen molar-refractivity contribution in [2.45, 2.75) is 64.5 Å². The quantitative estimate of drug-likeness (QED) is 0.367. The zero-order valence-electron chi connectivity index (χ0n) is 16.4. The molecule has 8 heteroatoms. The topological polar surface area (TPSA) is 69.6 Å². The minimum Gasteiger partial charge on any atom is -0.352 e. The Bertz CT molecular complexity index is 629. The Labute approximate surface area is 183 Å². The molecule has 1 aromatic rings. The summed E-state index contributed by atoms with van der Waals surface area (Å²) in [5, 5.41) is 10.1. The van der Waals surface area contributed by atoms with Crippen molar-refractivity contribution in [3.05, 3.63) is 16.1 Å². The zero-order chi connectivity index (χ0) is 18.4. The average molecular weight is 505 g/mol. The predicted molar refractivity (Wildman–Crippen MR) is 122 cm³/mol. The number of aliphatic imine (C=N–C) groups is 1. The summed E-state index contributed by atoms with van der Waals surface area (Å²) >= 11 is 1.70. The molecule has 1 amide bonds. The molecule has 2 aliphatic rings. The highest BCUT2D eigenvalue weighted by atomic mass is 127. The molecule has 0 spiro atoms. The van der Waals surface area contributed by atoms with Crippen LogP contribution in [-0.2, 0) is 17.8 Å². The van der Waals surface area contributed by atoms with E-state index in [4.69, 9.17) is 0 Å². The van der Waals surface area contributed by atoms with Crippen molar-refractivity contribution in [2.24, 2.45) is 10.9 Å². The zero-order valence-corrected chi connectivity index (χ0v) is 19.5. The molecule has 1 aromatic heterocycles. The summed E-state index contributed by atoms with van der Waals surface area (Å²) < 4.78 is 0. The number of amides is 1. The van der Waals surface area contributed by atoms with E-state index in [1.165, 1.54) is 19.3 Å². The van der Waals surface area contributed by atoms with E-state index in [0.29, 0.717) is 12.5 Å². The lowest BCUT2D eigenvalue weighted by Crippen LogP contribution is -2.45. The lowest BCUT2D eigenvalue weighted by molar-refractivity contribution is -0.135. The molecular weight excluding hydrogens is 473 g/mol. The van der Waals surface area contributed by atoms with E-state index >= 15 is 0 Å². The number of hydrogen-bond acceptors (Lipinski definition) is 4. The minimum absolute atomic E-state index is 0. The Balaban J connectivity index is 0.00000261. The van der Waals surface area contributed by atoms with Crippen molar-refractivity contribution in [1.29, 1.82) is 0 Å². The molecule has 0 aromatic carbocycles. The van der Waals surface area contributed by atoms with Crippen LogP contribution < -0.4 is 10.6 Å². The van der Waals surface area contributed by atoms with E-state index in [1.807, 2.05) is 0 Å². The molecular formula is C19H32IN5OS. The van der Waals surface area contributed by atoms with Crippen LogP contribution in [0.5, 0.6) is 0 Å². The van der Waals surface area contributed by atoms with Gasteiger partial charge in [-0.3, -0.25) is 9.79 Å². The number of rotatable bonds is 5. The fraction of sp³-hybridized carbons (Fsp3) is 0.737. The maximum absolute atomic E-state index is 12.7. The van der Waals surface area contributed by atoms with Crippen molar-refractivity contribution in [1.82, 2.24) is 20.5 Å². The number of thiazole rings is 1. The van der Waals surface area contributed by atoms with Gasteiger partial charge in [-0.2, -0.15) is 0 Å². The Kier molecular flexibility index (Phi) is 9.28. The van der Waals surface area contributed by atoms with Gasteiger partial charge in [-0.25, -0.2) is 4.98 Å². The average Bonchev–Trinajstić information content (AvgIpc) is 3.34. The third-order valence-electron chi connectivity index (χ3n) is 5.36. The van der Waals surface area contributed by atoms with Gasteiger partial charge in [0, 0.05) is 37.5 Å². The van der Waals surface area contributed by atoms with Gasteiger partial charge in [0.25, 0.3) is 0 Å². The highest BCUT2D eigenvalue weighted by Gasteiger charge is 2.31. The van der Waals surface area contributed by atoms with E-state index < -0.39 is 0 Å². The third kappa shape index (κ3) is 6.30. The van der Waals surface area contributed by atoms with Crippen LogP contribution in [0.2, 0.25) is 0 Å². The summed E-state index contributed by atoms with van der Waals surface area (Å²) in [5.41, 5.74) is 1.05. The summed E-state index contributed by atoms with van der Waals surface area (Å²) in [4.78, 5) is 23.6. The van der Waals surface area contributed by atoms with Crippen molar-refractivity contribution in [2.75, 3.05) is 20.1 Å². The first-order valence-corrected chi connectivity index (χ1v) is 10.8. The van der Waals surface area contributed by atoms with E-state index in [0.717, 1.165) is 55.4 Å². The SMILES string of the molecule is CCc1nc(CNC(=NC)NC2CCN(C(=O)C3CCCCC3)C2)cs1.I. The Hall–Kier alpha value is -0.900.